The number of ether oxygens (including phenoxy) is 3. The molecule has 22 heavy (non-hydrogen) atoms. The van der Waals surface area contributed by atoms with Crippen molar-refractivity contribution < 1.29 is 19.0 Å². The third-order valence-corrected chi connectivity index (χ3v) is 5.12. The second-order valence-corrected chi connectivity index (χ2v) is 6.95. The normalized spacial score (nSPS) is 35.8. The third-order valence-electron chi connectivity index (χ3n) is 4.16. The number of allylic oxidation sites excluding steroid dienone is 1. The van der Waals surface area contributed by atoms with Crippen LogP contribution in [-0.2, 0) is 19.0 Å². The summed E-state index contributed by atoms with van der Waals surface area (Å²) < 4.78 is 17.6. The molecule has 0 aromatic carbocycles. The van der Waals surface area contributed by atoms with Crippen LogP contribution in [0.2, 0.25) is 0 Å². The molecule has 2 heterocycles. The molecule has 2 aliphatic heterocycles. The van der Waals surface area contributed by atoms with Gasteiger partial charge in [-0.1, -0.05) is 34.9 Å². The van der Waals surface area contributed by atoms with Crippen molar-refractivity contribution in [2.75, 3.05) is 0 Å². The van der Waals surface area contributed by atoms with Crippen molar-refractivity contribution in [2.24, 2.45) is 0 Å². The molecule has 6 atom stereocenters. The van der Waals surface area contributed by atoms with Crippen LogP contribution in [0.3, 0.4) is 0 Å². The minimum absolute atomic E-state index is 0.0619. The molecule has 4 unspecified atom stereocenters. The fourth-order valence-corrected chi connectivity index (χ4v) is 4.00. The molecule has 2 saturated heterocycles. The van der Waals surface area contributed by atoms with Gasteiger partial charge in [0.1, 0.15) is 6.10 Å². The van der Waals surface area contributed by atoms with Gasteiger partial charge in [0.25, 0.3) is 0 Å². The van der Waals surface area contributed by atoms with Gasteiger partial charge >= 0.3 is 5.97 Å². The lowest BCUT2D eigenvalue weighted by Crippen LogP contribution is -2.42. The summed E-state index contributed by atoms with van der Waals surface area (Å²) in [6.07, 6.45) is 11.8. The highest BCUT2D eigenvalue weighted by Crippen LogP contribution is 2.38. The molecule has 0 saturated carbocycles. The van der Waals surface area contributed by atoms with Crippen LogP contribution in [-0.4, -0.2) is 41.3 Å². The number of carbonyl (C=O) groups excluding carboxylic acids is 1. The summed E-state index contributed by atoms with van der Waals surface area (Å²) in [5, 5.41) is 0. The molecular formula is C17H23BrO4. The summed E-state index contributed by atoms with van der Waals surface area (Å²) in [4.78, 5) is 11.6. The second kappa shape index (κ2) is 8.14. The maximum atomic E-state index is 11.3. The summed E-state index contributed by atoms with van der Waals surface area (Å²) in [5.74, 6) is 2.14. The Morgan fingerprint density at radius 2 is 2.18 bits per heavy atom. The average Bonchev–Trinajstić information content (AvgIpc) is 2.87. The molecule has 2 rings (SSSR count). The smallest absolute Gasteiger partial charge is 0.303 e. The lowest BCUT2D eigenvalue weighted by Gasteiger charge is -2.34. The van der Waals surface area contributed by atoms with Crippen LogP contribution in [0.1, 0.15) is 39.5 Å². The van der Waals surface area contributed by atoms with Gasteiger partial charge in [0.15, 0.2) is 0 Å². The van der Waals surface area contributed by atoms with Crippen LogP contribution in [0.25, 0.3) is 0 Å². The van der Waals surface area contributed by atoms with Crippen LogP contribution in [0.4, 0.5) is 0 Å². The van der Waals surface area contributed by atoms with Crippen LogP contribution >= 0.6 is 15.9 Å². The van der Waals surface area contributed by atoms with Gasteiger partial charge in [0, 0.05) is 24.6 Å². The molecule has 0 aromatic heterocycles. The molecule has 0 bridgehead atoms. The van der Waals surface area contributed by atoms with Crippen molar-refractivity contribution in [3.05, 3.63) is 12.2 Å². The van der Waals surface area contributed by atoms with E-state index in [0.29, 0.717) is 11.2 Å². The highest BCUT2D eigenvalue weighted by atomic mass is 79.9. The summed E-state index contributed by atoms with van der Waals surface area (Å²) in [7, 11) is 0. The molecule has 0 aromatic rings. The van der Waals surface area contributed by atoms with Crippen LogP contribution in [0.5, 0.6) is 0 Å². The Balaban J connectivity index is 2.00. The van der Waals surface area contributed by atoms with Crippen LogP contribution in [0, 0.1) is 12.3 Å². The van der Waals surface area contributed by atoms with E-state index >= 15 is 0 Å². The largest absolute Gasteiger partial charge is 0.459 e. The van der Waals surface area contributed by atoms with Gasteiger partial charge in [0.05, 0.1) is 24.4 Å². The van der Waals surface area contributed by atoms with E-state index in [1.165, 1.54) is 6.92 Å². The standard InChI is InChI=1S/C17H23BrO4/c1-4-6-7-8-14(20-11(3)19)16-10-17-15(22-16)9-12(18)13(5-2)21-17/h1,6-7,12-17H,5,8-10H2,2-3H3/b7-6+/t12?,13?,14-,15?,16-,17?/m1/s1. The first-order valence-corrected chi connectivity index (χ1v) is 8.70. The molecule has 0 spiro atoms. The molecule has 0 radical (unpaired) electrons. The second-order valence-electron chi connectivity index (χ2n) is 5.77. The van der Waals surface area contributed by atoms with E-state index in [2.05, 4.69) is 28.8 Å². The molecule has 2 fully saturated rings. The Hall–Kier alpha value is -0.830. The molecule has 5 heteroatoms. The van der Waals surface area contributed by atoms with Crippen molar-refractivity contribution in [2.45, 2.75) is 74.9 Å². The van der Waals surface area contributed by atoms with E-state index in [1.807, 2.05) is 6.08 Å². The lowest BCUT2D eigenvalue weighted by atomic mass is 9.97. The van der Waals surface area contributed by atoms with E-state index in [4.69, 9.17) is 20.6 Å². The number of terminal acetylenes is 1. The van der Waals surface area contributed by atoms with Gasteiger partial charge in [-0.2, -0.15) is 0 Å². The Kier molecular flexibility index (Phi) is 6.49. The van der Waals surface area contributed by atoms with E-state index < -0.39 is 0 Å². The monoisotopic (exact) mass is 370 g/mol. The number of esters is 1. The number of hydrogen-bond donors (Lipinski definition) is 0. The molecule has 0 N–H and O–H groups in total. The zero-order chi connectivity index (χ0) is 16.1. The number of carbonyl (C=O) groups is 1. The van der Waals surface area contributed by atoms with Gasteiger partial charge in [-0.3, -0.25) is 4.79 Å². The summed E-state index contributed by atoms with van der Waals surface area (Å²) in [5.41, 5.74) is 0. The van der Waals surface area contributed by atoms with Gasteiger partial charge in [-0.25, -0.2) is 0 Å². The van der Waals surface area contributed by atoms with E-state index in [9.17, 15) is 4.79 Å². The molecule has 0 aliphatic carbocycles. The molecule has 2 aliphatic rings. The summed E-state index contributed by atoms with van der Waals surface area (Å²) in [6, 6.07) is 0. The Bertz CT molecular complexity index is 456. The first kappa shape index (κ1) is 17.5. The van der Waals surface area contributed by atoms with Crippen LogP contribution < -0.4 is 0 Å². The fraction of sp³-hybridized carbons (Fsp3) is 0.706. The van der Waals surface area contributed by atoms with Crippen molar-refractivity contribution in [1.29, 1.82) is 0 Å². The molecule has 122 valence electrons. The lowest BCUT2D eigenvalue weighted by molar-refractivity contribution is -0.155. The molecule has 4 nitrogen and oxygen atoms in total. The number of alkyl halides is 1. The molecule has 0 amide bonds. The minimum Gasteiger partial charge on any atom is -0.459 e. The fourth-order valence-electron chi connectivity index (χ4n) is 3.13. The van der Waals surface area contributed by atoms with Crippen molar-refractivity contribution in [3.63, 3.8) is 0 Å². The van der Waals surface area contributed by atoms with Gasteiger partial charge in [-0.15, -0.1) is 6.42 Å². The van der Waals surface area contributed by atoms with E-state index in [0.717, 1.165) is 19.3 Å². The van der Waals surface area contributed by atoms with Crippen molar-refractivity contribution in [3.8, 4) is 12.3 Å². The number of halogens is 1. The molecular weight excluding hydrogens is 348 g/mol. The third kappa shape index (κ3) is 4.34. The first-order valence-electron chi connectivity index (χ1n) is 7.78. The Morgan fingerprint density at radius 3 is 2.82 bits per heavy atom. The summed E-state index contributed by atoms with van der Waals surface area (Å²) >= 11 is 3.68. The van der Waals surface area contributed by atoms with Gasteiger partial charge in [0.2, 0.25) is 0 Å². The maximum Gasteiger partial charge on any atom is 0.303 e. The number of hydrogen-bond acceptors (Lipinski definition) is 4. The topological polar surface area (TPSA) is 44.8 Å². The SMILES string of the molecule is C#C/C=C/C[C@@H](OC(C)=O)[C@H]1CC2OC(CC)C(Br)CC2O1. The zero-order valence-corrected chi connectivity index (χ0v) is 14.6. The quantitative estimate of drug-likeness (QED) is 0.424. The summed E-state index contributed by atoms with van der Waals surface area (Å²) in [6.45, 7) is 3.54. The highest BCUT2D eigenvalue weighted by molar-refractivity contribution is 9.09. The average molecular weight is 371 g/mol. The van der Waals surface area contributed by atoms with E-state index in [-0.39, 0.29) is 36.5 Å². The highest BCUT2D eigenvalue weighted by Gasteiger charge is 2.46. The first-order chi connectivity index (χ1) is 10.5. The number of fused-ring (bicyclic) bond motifs is 1. The van der Waals surface area contributed by atoms with Crippen molar-refractivity contribution >= 4 is 21.9 Å². The predicted molar refractivity (Wildman–Crippen MR) is 87.7 cm³/mol. The predicted octanol–water partition coefficient (Wildman–Crippen LogP) is 2.99. The zero-order valence-electron chi connectivity index (χ0n) is 13.0. The Morgan fingerprint density at radius 1 is 1.45 bits per heavy atom. The van der Waals surface area contributed by atoms with Gasteiger partial charge in [-0.05, 0) is 18.9 Å². The Labute approximate surface area is 140 Å². The van der Waals surface area contributed by atoms with Crippen molar-refractivity contribution in [1.82, 2.24) is 0 Å². The van der Waals surface area contributed by atoms with Crippen LogP contribution in [0.15, 0.2) is 12.2 Å². The number of rotatable bonds is 5. The maximum absolute atomic E-state index is 11.3. The van der Waals surface area contributed by atoms with E-state index in [1.54, 1.807) is 6.08 Å². The minimum atomic E-state index is -0.315. The van der Waals surface area contributed by atoms with Gasteiger partial charge < -0.3 is 14.2 Å².